The molecule has 0 aliphatic rings. The van der Waals surface area contributed by atoms with Crippen LogP contribution in [-0.4, -0.2) is 19.2 Å². The third kappa shape index (κ3) is 4.09. The van der Waals surface area contributed by atoms with E-state index in [9.17, 15) is 0 Å². The Morgan fingerprint density at radius 2 is 1.81 bits per heavy atom. The average molecular weight is 322 g/mol. The summed E-state index contributed by atoms with van der Waals surface area (Å²) in [6, 6.07) is 13.2. The molecule has 2 rings (SSSR count). The zero-order chi connectivity index (χ0) is 15.2. The highest BCUT2D eigenvalue weighted by molar-refractivity contribution is 7.80. The number of rotatable bonds is 5. The zero-order valence-corrected chi connectivity index (χ0v) is 13.4. The number of hydrogen-bond acceptors (Lipinski definition) is 3. The summed E-state index contributed by atoms with van der Waals surface area (Å²) in [7, 11) is 3.24. The Bertz CT molecular complexity index is 629. The fourth-order valence-electron chi connectivity index (χ4n) is 1.87. The van der Waals surface area contributed by atoms with Crippen molar-refractivity contribution in [3.63, 3.8) is 0 Å². The van der Waals surface area contributed by atoms with Gasteiger partial charge in [0.05, 0.1) is 19.8 Å². The van der Waals surface area contributed by atoms with Crippen molar-refractivity contribution < 1.29 is 9.47 Å². The summed E-state index contributed by atoms with van der Waals surface area (Å²) >= 11 is 11.3. The summed E-state index contributed by atoms with van der Waals surface area (Å²) in [4.78, 5) is 0.612. The van der Waals surface area contributed by atoms with Gasteiger partial charge in [0.15, 0.2) is 0 Å². The van der Waals surface area contributed by atoms with Gasteiger partial charge in [0.1, 0.15) is 16.5 Å². The minimum absolute atomic E-state index is 0.612. The van der Waals surface area contributed by atoms with Crippen molar-refractivity contribution in [2.24, 2.45) is 0 Å². The molecule has 110 valence electrons. The molecule has 0 aliphatic heterocycles. The highest BCUT2D eigenvalue weighted by Crippen LogP contribution is 2.24. The Morgan fingerprint density at radius 3 is 2.43 bits per heavy atom. The van der Waals surface area contributed by atoms with Gasteiger partial charge in [0.25, 0.3) is 0 Å². The van der Waals surface area contributed by atoms with E-state index in [0.29, 0.717) is 17.3 Å². The lowest BCUT2D eigenvalue weighted by Crippen LogP contribution is -2.22. The number of nitrogens with one attached hydrogen (secondary N) is 1. The van der Waals surface area contributed by atoms with Crippen LogP contribution >= 0.6 is 23.8 Å². The van der Waals surface area contributed by atoms with Crippen molar-refractivity contribution in [2.45, 2.75) is 6.54 Å². The van der Waals surface area contributed by atoms with Crippen LogP contribution in [0.2, 0.25) is 5.02 Å². The monoisotopic (exact) mass is 321 g/mol. The molecule has 1 N–H and O–H groups in total. The van der Waals surface area contributed by atoms with Crippen LogP contribution in [0.15, 0.2) is 42.5 Å². The first-order chi connectivity index (χ1) is 10.1. The Morgan fingerprint density at radius 1 is 1.10 bits per heavy atom. The lowest BCUT2D eigenvalue weighted by Gasteiger charge is -2.13. The molecule has 2 aromatic rings. The van der Waals surface area contributed by atoms with Crippen molar-refractivity contribution in [1.82, 2.24) is 5.32 Å². The highest BCUT2D eigenvalue weighted by Gasteiger charge is 2.10. The molecule has 0 atom stereocenters. The fourth-order valence-corrected chi connectivity index (χ4v) is 2.23. The lowest BCUT2D eigenvalue weighted by molar-refractivity contribution is 0.402. The average Bonchev–Trinajstić information content (AvgIpc) is 2.53. The molecule has 2 aromatic carbocycles. The van der Waals surface area contributed by atoms with E-state index in [4.69, 9.17) is 33.3 Å². The molecule has 0 radical (unpaired) electrons. The van der Waals surface area contributed by atoms with Gasteiger partial charge < -0.3 is 14.8 Å². The van der Waals surface area contributed by atoms with Gasteiger partial charge in [-0.3, -0.25) is 0 Å². The number of benzene rings is 2. The number of halogens is 1. The Kier molecular flexibility index (Phi) is 5.42. The minimum Gasteiger partial charge on any atom is -0.497 e. The molecule has 21 heavy (non-hydrogen) atoms. The molecule has 0 unspecified atom stereocenters. The van der Waals surface area contributed by atoms with E-state index < -0.39 is 0 Å². The number of thiocarbonyl (C=S) groups is 1. The molecule has 0 amide bonds. The highest BCUT2D eigenvalue weighted by atomic mass is 35.5. The lowest BCUT2D eigenvalue weighted by atomic mass is 10.1. The van der Waals surface area contributed by atoms with E-state index in [-0.39, 0.29) is 0 Å². The molecule has 0 saturated heterocycles. The van der Waals surface area contributed by atoms with E-state index in [1.54, 1.807) is 14.2 Å². The van der Waals surface area contributed by atoms with Crippen LogP contribution < -0.4 is 14.8 Å². The first-order valence-corrected chi connectivity index (χ1v) is 7.17. The van der Waals surface area contributed by atoms with Crippen LogP contribution in [0.25, 0.3) is 0 Å². The van der Waals surface area contributed by atoms with E-state index in [0.717, 1.165) is 21.9 Å². The number of ether oxygens (including phenoxy) is 2. The summed E-state index contributed by atoms with van der Waals surface area (Å²) in [6.45, 7) is 0.621. The molecule has 5 heteroatoms. The summed E-state index contributed by atoms with van der Waals surface area (Å²) in [5.74, 6) is 1.45. The molecule has 0 saturated carbocycles. The number of hydrogen-bond donors (Lipinski definition) is 1. The SMILES string of the molecule is COc1ccc(OC)c(C(=S)NCc2ccc(Cl)cc2)c1. The summed E-state index contributed by atoms with van der Waals surface area (Å²) in [5, 5.41) is 3.93. The van der Waals surface area contributed by atoms with Gasteiger partial charge in [0.2, 0.25) is 0 Å². The predicted molar refractivity (Wildman–Crippen MR) is 89.5 cm³/mol. The third-order valence-electron chi connectivity index (χ3n) is 3.02. The van der Waals surface area contributed by atoms with Crippen LogP contribution in [-0.2, 0) is 6.54 Å². The van der Waals surface area contributed by atoms with Gasteiger partial charge >= 0.3 is 0 Å². The summed E-state index contributed by atoms with van der Waals surface area (Å²) < 4.78 is 10.6. The predicted octanol–water partition coefficient (Wildman–Crippen LogP) is 3.82. The molecule has 3 nitrogen and oxygen atoms in total. The summed E-state index contributed by atoms with van der Waals surface area (Å²) in [5.41, 5.74) is 1.91. The van der Waals surface area contributed by atoms with Crippen LogP contribution in [0.3, 0.4) is 0 Å². The maximum Gasteiger partial charge on any atom is 0.129 e. The van der Waals surface area contributed by atoms with E-state index in [1.807, 2.05) is 42.5 Å². The summed E-state index contributed by atoms with van der Waals surface area (Å²) in [6.07, 6.45) is 0. The Balaban J connectivity index is 2.10. The zero-order valence-electron chi connectivity index (χ0n) is 11.9. The molecular weight excluding hydrogens is 306 g/mol. The molecule has 0 aliphatic carbocycles. The second kappa shape index (κ2) is 7.29. The van der Waals surface area contributed by atoms with Gasteiger partial charge in [-0.2, -0.15) is 0 Å². The second-order valence-corrected chi connectivity index (χ2v) is 5.22. The standard InChI is InChI=1S/C16H16ClNO2S/c1-19-13-7-8-15(20-2)14(9-13)16(21)18-10-11-3-5-12(17)6-4-11/h3-9H,10H2,1-2H3,(H,18,21). The van der Waals surface area contributed by atoms with Gasteiger partial charge in [0, 0.05) is 11.6 Å². The van der Waals surface area contributed by atoms with E-state index in [1.165, 1.54) is 0 Å². The van der Waals surface area contributed by atoms with E-state index >= 15 is 0 Å². The molecule has 0 heterocycles. The molecule has 0 bridgehead atoms. The van der Waals surface area contributed by atoms with Crippen LogP contribution in [0.1, 0.15) is 11.1 Å². The maximum absolute atomic E-state index is 5.87. The van der Waals surface area contributed by atoms with Crippen LogP contribution in [0.4, 0.5) is 0 Å². The molecule has 0 fully saturated rings. The van der Waals surface area contributed by atoms with E-state index in [2.05, 4.69) is 5.32 Å². The Hall–Kier alpha value is -1.78. The quantitative estimate of drug-likeness (QED) is 0.848. The first-order valence-electron chi connectivity index (χ1n) is 6.38. The normalized spacial score (nSPS) is 10.0. The molecule has 0 spiro atoms. The number of methoxy groups -OCH3 is 2. The topological polar surface area (TPSA) is 30.5 Å². The van der Waals surface area contributed by atoms with Gasteiger partial charge in [-0.1, -0.05) is 36.0 Å². The second-order valence-electron chi connectivity index (χ2n) is 4.38. The van der Waals surface area contributed by atoms with Crippen LogP contribution in [0.5, 0.6) is 11.5 Å². The van der Waals surface area contributed by atoms with Gasteiger partial charge in [-0.15, -0.1) is 0 Å². The largest absolute Gasteiger partial charge is 0.497 e. The van der Waals surface area contributed by atoms with Crippen molar-refractivity contribution >= 4 is 28.8 Å². The smallest absolute Gasteiger partial charge is 0.129 e. The third-order valence-corrected chi connectivity index (χ3v) is 3.63. The first kappa shape index (κ1) is 15.6. The van der Waals surface area contributed by atoms with Crippen LogP contribution in [0, 0.1) is 0 Å². The Labute approximate surface area is 134 Å². The van der Waals surface area contributed by atoms with Crippen molar-refractivity contribution in [1.29, 1.82) is 0 Å². The molecule has 0 aromatic heterocycles. The fraction of sp³-hybridized carbons (Fsp3) is 0.188. The van der Waals surface area contributed by atoms with Gasteiger partial charge in [-0.05, 0) is 35.9 Å². The van der Waals surface area contributed by atoms with Gasteiger partial charge in [-0.25, -0.2) is 0 Å². The maximum atomic E-state index is 5.87. The molecular formula is C16H16ClNO2S. The van der Waals surface area contributed by atoms with Crippen molar-refractivity contribution in [2.75, 3.05) is 14.2 Å². The minimum atomic E-state index is 0.612. The van der Waals surface area contributed by atoms with Crippen molar-refractivity contribution in [3.8, 4) is 11.5 Å². The van der Waals surface area contributed by atoms with Crippen molar-refractivity contribution in [3.05, 3.63) is 58.6 Å².